The van der Waals surface area contributed by atoms with Crippen LogP contribution in [0, 0.1) is 6.92 Å². The van der Waals surface area contributed by atoms with Crippen LogP contribution >= 0.6 is 0 Å². The molecule has 1 nitrogen and oxygen atoms in total. The van der Waals surface area contributed by atoms with Gasteiger partial charge in [0.1, 0.15) is 11.5 Å². The highest BCUT2D eigenvalue weighted by atomic mass is 16.5. The van der Waals surface area contributed by atoms with E-state index in [2.05, 4.69) is 13.0 Å². The summed E-state index contributed by atoms with van der Waals surface area (Å²) in [7, 11) is 0. The first-order valence-electron chi connectivity index (χ1n) is 4.64. The van der Waals surface area contributed by atoms with Crippen molar-refractivity contribution in [3.8, 4) is 11.5 Å². The maximum absolute atomic E-state index is 5.66. The molecule has 0 aliphatic rings. The Kier molecular flexibility index (Phi) is 3.92. The molecule has 0 N–H and O–H groups in total. The highest BCUT2D eigenvalue weighted by Crippen LogP contribution is 2.21. The Labute approximate surface area is 91.3 Å². The Morgan fingerprint density at radius 1 is 0.800 bits per heavy atom. The molecule has 0 saturated carbocycles. The van der Waals surface area contributed by atoms with E-state index >= 15 is 0 Å². The number of hydrogen-bond acceptors (Lipinski definition) is 1. The molecule has 0 amide bonds. The van der Waals surface area contributed by atoms with Gasteiger partial charge < -0.3 is 4.74 Å². The highest BCUT2D eigenvalue weighted by molar-refractivity contribution is 5.33. The van der Waals surface area contributed by atoms with Crippen LogP contribution in [0.1, 0.15) is 13.0 Å². The second kappa shape index (κ2) is 5.20. The van der Waals surface area contributed by atoms with Crippen molar-refractivity contribution in [1.29, 1.82) is 0 Å². The quantitative estimate of drug-likeness (QED) is 0.697. The Balaban J connectivity index is 0.00000112. The molecule has 0 heterocycles. The van der Waals surface area contributed by atoms with Crippen molar-refractivity contribution in [2.75, 3.05) is 0 Å². The molecule has 0 radical (unpaired) electrons. The van der Waals surface area contributed by atoms with Gasteiger partial charge in [-0.25, -0.2) is 0 Å². The van der Waals surface area contributed by atoms with Gasteiger partial charge in [0.25, 0.3) is 0 Å². The van der Waals surface area contributed by atoms with E-state index in [1.807, 2.05) is 48.5 Å². The fraction of sp³-hybridized carbons (Fsp3) is 0.143. The summed E-state index contributed by atoms with van der Waals surface area (Å²) in [6, 6.07) is 17.8. The van der Waals surface area contributed by atoms with Crippen LogP contribution in [0.2, 0.25) is 0 Å². The number of ether oxygens (including phenoxy) is 1. The molecule has 0 aromatic heterocycles. The van der Waals surface area contributed by atoms with Gasteiger partial charge in [-0.15, -0.1) is 0 Å². The van der Waals surface area contributed by atoms with Gasteiger partial charge in [-0.2, -0.15) is 0 Å². The van der Waals surface area contributed by atoms with E-state index in [4.69, 9.17) is 4.74 Å². The molecule has 2 aromatic carbocycles. The fourth-order valence-corrected chi connectivity index (χ4v) is 1.30. The van der Waals surface area contributed by atoms with Crippen LogP contribution < -0.4 is 4.74 Å². The van der Waals surface area contributed by atoms with Crippen molar-refractivity contribution in [2.24, 2.45) is 0 Å². The highest BCUT2D eigenvalue weighted by Gasteiger charge is 1.95. The molecule has 0 atom stereocenters. The Morgan fingerprint density at radius 2 is 1.47 bits per heavy atom. The number of hydrogen-bond donors (Lipinski definition) is 0. The van der Waals surface area contributed by atoms with Gasteiger partial charge in [-0.1, -0.05) is 37.8 Å². The SMILES string of the molecule is C.Cc1cccc(Oc2ccccc2)c1. The molecular weight excluding hydrogens is 184 g/mol. The summed E-state index contributed by atoms with van der Waals surface area (Å²) in [4.78, 5) is 0. The van der Waals surface area contributed by atoms with Gasteiger partial charge in [0.15, 0.2) is 0 Å². The number of benzene rings is 2. The lowest BCUT2D eigenvalue weighted by molar-refractivity contribution is 0.482. The summed E-state index contributed by atoms with van der Waals surface area (Å²) in [5.74, 6) is 1.76. The third-order valence-electron chi connectivity index (χ3n) is 1.97. The third kappa shape index (κ3) is 3.13. The zero-order chi connectivity index (χ0) is 9.80. The van der Waals surface area contributed by atoms with Crippen LogP contribution in [-0.2, 0) is 0 Å². The minimum absolute atomic E-state index is 0. The van der Waals surface area contributed by atoms with Crippen LogP contribution in [-0.4, -0.2) is 0 Å². The standard InChI is InChI=1S/C13H12O.CH4/c1-11-6-5-9-13(10-11)14-12-7-3-2-4-8-12;/h2-10H,1H3;1H4. The van der Waals surface area contributed by atoms with E-state index < -0.39 is 0 Å². The lowest BCUT2D eigenvalue weighted by Crippen LogP contribution is -1.83. The summed E-state index contributed by atoms with van der Waals surface area (Å²) >= 11 is 0. The smallest absolute Gasteiger partial charge is 0.127 e. The van der Waals surface area contributed by atoms with Crippen molar-refractivity contribution in [3.05, 3.63) is 60.2 Å². The number of para-hydroxylation sites is 1. The molecule has 0 aliphatic carbocycles. The predicted octanol–water partition coefficient (Wildman–Crippen LogP) is 4.42. The average Bonchev–Trinajstić information content (AvgIpc) is 2.19. The Morgan fingerprint density at radius 3 is 2.13 bits per heavy atom. The van der Waals surface area contributed by atoms with E-state index in [0.29, 0.717) is 0 Å². The summed E-state index contributed by atoms with van der Waals surface area (Å²) in [6.07, 6.45) is 0. The molecule has 0 saturated heterocycles. The zero-order valence-corrected chi connectivity index (χ0v) is 8.10. The number of aryl methyl sites for hydroxylation is 1. The minimum atomic E-state index is 0. The topological polar surface area (TPSA) is 9.23 Å². The van der Waals surface area contributed by atoms with Gasteiger partial charge in [-0.3, -0.25) is 0 Å². The summed E-state index contributed by atoms with van der Waals surface area (Å²) < 4.78 is 5.66. The van der Waals surface area contributed by atoms with Gasteiger partial charge in [-0.05, 0) is 36.8 Å². The average molecular weight is 200 g/mol. The molecule has 2 rings (SSSR count). The first-order chi connectivity index (χ1) is 6.84. The maximum atomic E-state index is 5.66. The van der Waals surface area contributed by atoms with Crippen LogP contribution in [0.4, 0.5) is 0 Å². The minimum Gasteiger partial charge on any atom is -0.457 e. The van der Waals surface area contributed by atoms with Crippen molar-refractivity contribution >= 4 is 0 Å². The molecule has 2 aromatic rings. The predicted molar refractivity (Wildman–Crippen MR) is 64.4 cm³/mol. The summed E-state index contributed by atoms with van der Waals surface area (Å²) in [6.45, 7) is 2.05. The maximum Gasteiger partial charge on any atom is 0.127 e. The first-order valence-corrected chi connectivity index (χ1v) is 4.64. The normalized spacial score (nSPS) is 9.13. The monoisotopic (exact) mass is 200 g/mol. The molecule has 78 valence electrons. The first kappa shape index (κ1) is 11.3. The zero-order valence-electron chi connectivity index (χ0n) is 8.10. The molecule has 0 spiro atoms. The second-order valence-electron chi connectivity index (χ2n) is 3.23. The van der Waals surface area contributed by atoms with Crippen molar-refractivity contribution < 1.29 is 4.74 Å². The molecule has 15 heavy (non-hydrogen) atoms. The summed E-state index contributed by atoms with van der Waals surface area (Å²) in [5, 5.41) is 0. The Hall–Kier alpha value is -1.76. The molecule has 0 fully saturated rings. The van der Waals surface area contributed by atoms with E-state index in [1.54, 1.807) is 0 Å². The van der Waals surface area contributed by atoms with Gasteiger partial charge >= 0.3 is 0 Å². The van der Waals surface area contributed by atoms with Crippen molar-refractivity contribution in [1.82, 2.24) is 0 Å². The largest absolute Gasteiger partial charge is 0.457 e. The lowest BCUT2D eigenvalue weighted by Gasteiger charge is -2.05. The molecule has 0 unspecified atom stereocenters. The lowest BCUT2D eigenvalue weighted by atomic mass is 10.2. The van der Waals surface area contributed by atoms with Gasteiger partial charge in [0, 0.05) is 0 Å². The molecule has 1 heteroatoms. The third-order valence-corrected chi connectivity index (χ3v) is 1.97. The van der Waals surface area contributed by atoms with Crippen LogP contribution in [0.5, 0.6) is 11.5 Å². The summed E-state index contributed by atoms with van der Waals surface area (Å²) in [5.41, 5.74) is 1.21. The van der Waals surface area contributed by atoms with E-state index in [9.17, 15) is 0 Å². The second-order valence-corrected chi connectivity index (χ2v) is 3.23. The molecular formula is C14H16O. The van der Waals surface area contributed by atoms with Crippen LogP contribution in [0.15, 0.2) is 54.6 Å². The fourth-order valence-electron chi connectivity index (χ4n) is 1.30. The molecule has 0 aliphatic heterocycles. The van der Waals surface area contributed by atoms with Crippen molar-refractivity contribution in [2.45, 2.75) is 14.4 Å². The number of rotatable bonds is 2. The van der Waals surface area contributed by atoms with E-state index in [1.165, 1.54) is 5.56 Å². The Bertz CT molecular complexity index is 407. The van der Waals surface area contributed by atoms with Crippen LogP contribution in [0.3, 0.4) is 0 Å². The van der Waals surface area contributed by atoms with Crippen LogP contribution in [0.25, 0.3) is 0 Å². The van der Waals surface area contributed by atoms with Gasteiger partial charge in [0.05, 0.1) is 0 Å². The van der Waals surface area contributed by atoms with Crippen molar-refractivity contribution in [3.63, 3.8) is 0 Å². The van der Waals surface area contributed by atoms with E-state index in [-0.39, 0.29) is 7.43 Å². The molecule has 0 bridgehead atoms. The van der Waals surface area contributed by atoms with E-state index in [0.717, 1.165) is 11.5 Å². The van der Waals surface area contributed by atoms with Gasteiger partial charge in [0.2, 0.25) is 0 Å².